The first-order chi connectivity index (χ1) is 9.07. The van der Waals surface area contributed by atoms with Crippen molar-refractivity contribution in [1.29, 1.82) is 0 Å². The normalized spacial score (nSPS) is 29.2. The van der Waals surface area contributed by atoms with Crippen LogP contribution in [0.4, 0.5) is 0 Å². The van der Waals surface area contributed by atoms with Crippen LogP contribution < -0.4 is 0 Å². The number of nitrogens with zero attached hydrogens (tertiary/aromatic N) is 1. The van der Waals surface area contributed by atoms with E-state index in [9.17, 15) is 9.59 Å². The summed E-state index contributed by atoms with van der Waals surface area (Å²) in [5.74, 6) is 0.0416. The molecule has 106 valence electrons. The summed E-state index contributed by atoms with van der Waals surface area (Å²) in [5.41, 5.74) is -0.122. The molecule has 4 nitrogen and oxygen atoms in total. The van der Waals surface area contributed by atoms with Gasteiger partial charge in [-0.3, -0.25) is 14.5 Å². The summed E-state index contributed by atoms with van der Waals surface area (Å²) in [6.07, 6.45) is 3.00. The maximum absolute atomic E-state index is 12.3. The minimum absolute atomic E-state index is 0.0320. The molecule has 0 aromatic heterocycles. The third-order valence-electron chi connectivity index (χ3n) is 4.40. The Labute approximate surface area is 114 Å². The van der Waals surface area contributed by atoms with Gasteiger partial charge in [-0.15, -0.1) is 0 Å². The summed E-state index contributed by atoms with van der Waals surface area (Å²) in [6.45, 7) is 9.39. The molecule has 19 heavy (non-hydrogen) atoms. The second-order valence-corrected chi connectivity index (χ2v) is 5.58. The van der Waals surface area contributed by atoms with Crippen molar-refractivity contribution in [3.05, 3.63) is 12.2 Å². The van der Waals surface area contributed by atoms with E-state index in [-0.39, 0.29) is 11.6 Å². The van der Waals surface area contributed by atoms with Gasteiger partial charge in [-0.25, -0.2) is 0 Å². The topological polar surface area (TPSA) is 46.6 Å². The van der Waals surface area contributed by atoms with Gasteiger partial charge in [0.15, 0.2) is 5.78 Å². The fourth-order valence-corrected chi connectivity index (χ4v) is 3.19. The second kappa shape index (κ2) is 5.97. The van der Waals surface area contributed by atoms with E-state index in [1.807, 2.05) is 0 Å². The van der Waals surface area contributed by atoms with Crippen LogP contribution in [-0.4, -0.2) is 49.3 Å². The highest BCUT2D eigenvalue weighted by molar-refractivity contribution is 6.09. The monoisotopic (exact) mass is 265 g/mol. The molecular weight excluding hydrogens is 242 g/mol. The minimum atomic E-state index is -0.906. The van der Waals surface area contributed by atoms with Gasteiger partial charge in [0.2, 0.25) is 0 Å². The van der Waals surface area contributed by atoms with Crippen molar-refractivity contribution >= 4 is 11.6 Å². The zero-order valence-corrected chi connectivity index (χ0v) is 11.7. The summed E-state index contributed by atoms with van der Waals surface area (Å²) in [6, 6.07) is 0. The molecule has 2 rings (SSSR count). The number of Topliss-reactive ketones (excluding diaryl/α,β-unsaturated/α-hetero) is 2. The molecule has 4 heteroatoms. The lowest BCUT2D eigenvalue weighted by atomic mass is 9.66. The molecule has 1 saturated carbocycles. The SMILES string of the molecule is C=C(CN1CCOCC1)C1(C(C)=O)CCCCC1=O. The molecule has 1 aliphatic heterocycles. The number of morpholine rings is 1. The fraction of sp³-hybridized carbons (Fsp3) is 0.733. The quantitative estimate of drug-likeness (QED) is 0.572. The van der Waals surface area contributed by atoms with Gasteiger partial charge in [0.1, 0.15) is 11.2 Å². The van der Waals surface area contributed by atoms with E-state index in [0.717, 1.165) is 31.5 Å². The van der Waals surface area contributed by atoms with Crippen molar-refractivity contribution in [1.82, 2.24) is 4.90 Å². The molecule has 1 atom stereocenters. The molecule has 0 aromatic rings. The van der Waals surface area contributed by atoms with Gasteiger partial charge in [-0.05, 0) is 25.3 Å². The smallest absolute Gasteiger partial charge is 0.150 e. The zero-order valence-electron chi connectivity index (χ0n) is 11.7. The largest absolute Gasteiger partial charge is 0.379 e. The van der Waals surface area contributed by atoms with Crippen molar-refractivity contribution in [3.8, 4) is 0 Å². The number of carbonyl (C=O) groups excluding carboxylic acids is 2. The Bertz CT molecular complexity index is 385. The van der Waals surface area contributed by atoms with E-state index in [1.54, 1.807) is 0 Å². The van der Waals surface area contributed by atoms with E-state index in [4.69, 9.17) is 4.74 Å². The zero-order chi connectivity index (χ0) is 13.9. The highest BCUT2D eigenvalue weighted by Crippen LogP contribution is 2.40. The van der Waals surface area contributed by atoms with Crippen molar-refractivity contribution in [2.24, 2.45) is 5.41 Å². The van der Waals surface area contributed by atoms with Gasteiger partial charge in [0.25, 0.3) is 0 Å². The van der Waals surface area contributed by atoms with Crippen molar-refractivity contribution in [3.63, 3.8) is 0 Å². The second-order valence-electron chi connectivity index (χ2n) is 5.58. The van der Waals surface area contributed by atoms with Crippen LogP contribution in [0, 0.1) is 5.41 Å². The first-order valence-electron chi connectivity index (χ1n) is 7.10. The van der Waals surface area contributed by atoms with Gasteiger partial charge in [0.05, 0.1) is 13.2 Å². The highest BCUT2D eigenvalue weighted by Gasteiger charge is 2.46. The highest BCUT2D eigenvalue weighted by atomic mass is 16.5. The third kappa shape index (κ3) is 2.79. The maximum Gasteiger partial charge on any atom is 0.150 e. The van der Waals surface area contributed by atoms with Crippen LogP contribution in [0.1, 0.15) is 32.6 Å². The van der Waals surface area contributed by atoms with Gasteiger partial charge < -0.3 is 4.74 Å². The fourth-order valence-electron chi connectivity index (χ4n) is 3.19. The Hall–Kier alpha value is -1.00. The first kappa shape index (κ1) is 14.4. The Kier molecular flexibility index (Phi) is 4.53. The number of rotatable bonds is 4. The Morgan fingerprint density at radius 3 is 2.63 bits per heavy atom. The summed E-state index contributed by atoms with van der Waals surface area (Å²) in [4.78, 5) is 26.6. The molecule has 2 fully saturated rings. The Morgan fingerprint density at radius 1 is 1.37 bits per heavy atom. The molecule has 1 saturated heterocycles. The molecule has 1 heterocycles. The molecule has 0 radical (unpaired) electrons. The van der Waals surface area contributed by atoms with Crippen LogP contribution in [0.5, 0.6) is 0 Å². The predicted molar refractivity (Wildman–Crippen MR) is 73.0 cm³/mol. The summed E-state index contributed by atoms with van der Waals surface area (Å²) >= 11 is 0. The lowest BCUT2D eigenvalue weighted by Gasteiger charge is -2.38. The average molecular weight is 265 g/mol. The van der Waals surface area contributed by atoms with E-state index < -0.39 is 5.41 Å². The molecule has 0 amide bonds. The van der Waals surface area contributed by atoms with E-state index in [2.05, 4.69) is 11.5 Å². The minimum Gasteiger partial charge on any atom is -0.379 e. The van der Waals surface area contributed by atoms with Crippen LogP contribution in [0.2, 0.25) is 0 Å². The van der Waals surface area contributed by atoms with Crippen LogP contribution in [0.25, 0.3) is 0 Å². The predicted octanol–water partition coefficient (Wildman–Crippen LogP) is 1.59. The lowest BCUT2D eigenvalue weighted by Crippen LogP contribution is -2.46. The average Bonchev–Trinajstić information content (AvgIpc) is 2.40. The molecule has 2 aliphatic rings. The van der Waals surface area contributed by atoms with Crippen LogP contribution in [0.3, 0.4) is 0 Å². The maximum atomic E-state index is 12.3. The van der Waals surface area contributed by atoms with Crippen LogP contribution in [-0.2, 0) is 14.3 Å². The standard InChI is InChI=1S/C15H23NO3/c1-12(11-16-7-9-19-10-8-16)15(13(2)17)6-4-3-5-14(15)18/h1,3-11H2,2H3. The summed E-state index contributed by atoms with van der Waals surface area (Å²) in [7, 11) is 0. The molecule has 1 unspecified atom stereocenters. The Morgan fingerprint density at radius 2 is 2.05 bits per heavy atom. The molecule has 0 bridgehead atoms. The van der Waals surface area contributed by atoms with Crippen LogP contribution in [0.15, 0.2) is 12.2 Å². The van der Waals surface area contributed by atoms with Gasteiger partial charge in [-0.2, -0.15) is 0 Å². The van der Waals surface area contributed by atoms with Crippen LogP contribution >= 0.6 is 0 Å². The molecular formula is C15H23NO3. The number of hydrogen-bond acceptors (Lipinski definition) is 4. The van der Waals surface area contributed by atoms with Gasteiger partial charge >= 0.3 is 0 Å². The third-order valence-corrected chi connectivity index (χ3v) is 4.40. The van der Waals surface area contributed by atoms with Gasteiger partial charge in [-0.1, -0.05) is 13.0 Å². The summed E-state index contributed by atoms with van der Waals surface area (Å²) in [5, 5.41) is 0. The van der Waals surface area contributed by atoms with Crippen molar-refractivity contribution in [2.45, 2.75) is 32.6 Å². The molecule has 0 aromatic carbocycles. The van der Waals surface area contributed by atoms with E-state index >= 15 is 0 Å². The van der Waals surface area contributed by atoms with E-state index in [0.29, 0.717) is 32.6 Å². The molecule has 0 N–H and O–H groups in total. The van der Waals surface area contributed by atoms with Crippen molar-refractivity contribution in [2.75, 3.05) is 32.8 Å². The lowest BCUT2D eigenvalue weighted by molar-refractivity contribution is -0.139. The summed E-state index contributed by atoms with van der Waals surface area (Å²) < 4.78 is 5.32. The van der Waals surface area contributed by atoms with Crippen molar-refractivity contribution < 1.29 is 14.3 Å². The van der Waals surface area contributed by atoms with Gasteiger partial charge in [0, 0.05) is 26.1 Å². The molecule has 1 aliphatic carbocycles. The number of ketones is 2. The number of ether oxygens (including phenoxy) is 1. The first-order valence-corrected chi connectivity index (χ1v) is 7.10. The van der Waals surface area contributed by atoms with E-state index in [1.165, 1.54) is 6.92 Å². The molecule has 0 spiro atoms. The number of hydrogen-bond donors (Lipinski definition) is 0. The number of carbonyl (C=O) groups is 2. The Balaban J connectivity index is 2.11.